The van der Waals surface area contributed by atoms with Gasteiger partial charge in [-0.15, -0.1) is 0 Å². The maximum absolute atomic E-state index is 14.0. The monoisotopic (exact) mass is 607 g/mol. The zero-order valence-electron chi connectivity index (χ0n) is 22.3. The van der Waals surface area contributed by atoms with E-state index in [2.05, 4.69) is 5.32 Å². The summed E-state index contributed by atoms with van der Waals surface area (Å²) < 4.78 is 40.2. The lowest BCUT2D eigenvalue weighted by Crippen LogP contribution is -2.53. The summed E-state index contributed by atoms with van der Waals surface area (Å²) in [6.45, 7) is 1.76. The molecular formula is C29H32Cl2FN3O4S. The highest BCUT2D eigenvalue weighted by atomic mass is 35.5. The topological polar surface area (TPSA) is 86.8 Å². The van der Waals surface area contributed by atoms with Crippen molar-refractivity contribution in [3.05, 3.63) is 99.8 Å². The number of carbonyl (C=O) groups is 2. The van der Waals surface area contributed by atoms with Crippen LogP contribution < -0.4 is 9.62 Å². The fourth-order valence-corrected chi connectivity index (χ4v) is 5.55. The van der Waals surface area contributed by atoms with Crippen LogP contribution in [0.1, 0.15) is 30.9 Å². The molecule has 0 saturated carbocycles. The Kier molecular flexibility index (Phi) is 11.4. The summed E-state index contributed by atoms with van der Waals surface area (Å²) in [5, 5.41) is 3.26. The number of sulfonamides is 1. The lowest BCUT2D eigenvalue weighted by Gasteiger charge is -2.33. The van der Waals surface area contributed by atoms with Gasteiger partial charge in [-0.3, -0.25) is 13.9 Å². The van der Waals surface area contributed by atoms with E-state index < -0.39 is 34.3 Å². The molecule has 40 heavy (non-hydrogen) atoms. The molecule has 0 heterocycles. The number of benzene rings is 3. The predicted octanol–water partition coefficient (Wildman–Crippen LogP) is 5.45. The molecule has 0 saturated heterocycles. The first-order valence-corrected chi connectivity index (χ1v) is 15.4. The molecule has 7 nitrogen and oxygen atoms in total. The Balaban J connectivity index is 2.04. The van der Waals surface area contributed by atoms with Crippen LogP contribution in [0.4, 0.5) is 10.1 Å². The van der Waals surface area contributed by atoms with Crippen LogP contribution >= 0.6 is 23.2 Å². The van der Waals surface area contributed by atoms with Gasteiger partial charge in [0, 0.05) is 24.5 Å². The van der Waals surface area contributed by atoms with Crippen molar-refractivity contribution in [3.63, 3.8) is 0 Å². The van der Waals surface area contributed by atoms with Crippen LogP contribution in [0.2, 0.25) is 10.0 Å². The normalized spacial score (nSPS) is 12.0. The van der Waals surface area contributed by atoms with E-state index in [9.17, 15) is 22.4 Å². The zero-order valence-corrected chi connectivity index (χ0v) is 24.6. The highest BCUT2D eigenvalue weighted by Gasteiger charge is 2.33. The van der Waals surface area contributed by atoms with Gasteiger partial charge in [-0.1, -0.05) is 79.0 Å². The summed E-state index contributed by atoms with van der Waals surface area (Å²) in [6, 6.07) is 18.1. The molecule has 3 rings (SSSR count). The summed E-state index contributed by atoms with van der Waals surface area (Å²) in [4.78, 5) is 28.8. The van der Waals surface area contributed by atoms with Crippen molar-refractivity contribution in [1.82, 2.24) is 10.2 Å². The largest absolute Gasteiger partial charge is 0.354 e. The van der Waals surface area contributed by atoms with E-state index in [-0.39, 0.29) is 29.6 Å². The van der Waals surface area contributed by atoms with Gasteiger partial charge in [0.05, 0.1) is 17.0 Å². The van der Waals surface area contributed by atoms with Crippen molar-refractivity contribution in [2.45, 2.75) is 38.8 Å². The number of rotatable bonds is 13. The molecule has 214 valence electrons. The third-order valence-corrected chi connectivity index (χ3v) is 7.89. The predicted molar refractivity (Wildman–Crippen MR) is 157 cm³/mol. The Labute approximate surface area is 244 Å². The molecule has 11 heteroatoms. The maximum atomic E-state index is 14.0. The minimum atomic E-state index is -3.97. The molecule has 0 aliphatic carbocycles. The van der Waals surface area contributed by atoms with E-state index in [1.807, 2.05) is 37.3 Å². The summed E-state index contributed by atoms with van der Waals surface area (Å²) in [7, 11) is -3.97. The number of nitrogens with zero attached hydrogens (tertiary/aromatic N) is 2. The SMILES string of the molecule is CCCCNC(=O)[C@H](Cc1ccccc1)N(Cc1ccc(F)cc1)C(=O)CN(c1ccc(Cl)cc1Cl)S(C)(=O)=O. The van der Waals surface area contributed by atoms with Crippen LogP contribution in [-0.4, -0.2) is 50.5 Å². The zero-order chi connectivity index (χ0) is 29.3. The first-order chi connectivity index (χ1) is 19.0. The molecule has 1 N–H and O–H groups in total. The Bertz CT molecular complexity index is 1410. The quantitative estimate of drug-likeness (QED) is 0.262. The third-order valence-electron chi connectivity index (χ3n) is 6.22. The second kappa shape index (κ2) is 14.5. The summed E-state index contributed by atoms with van der Waals surface area (Å²) >= 11 is 12.3. The van der Waals surface area contributed by atoms with Crippen molar-refractivity contribution >= 4 is 50.7 Å². The molecule has 1 atom stereocenters. The molecule has 3 aromatic carbocycles. The van der Waals surface area contributed by atoms with Gasteiger partial charge < -0.3 is 10.2 Å². The van der Waals surface area contributed by atoms with E-state index in [0.29, 0.717) is 17.1 Å². The van der Waals surface area contributed by atoms with Gasteiger partial charge in [-0.25, -0.2) is 12.8 Å². The van der Waals surface area contributed by atoms with E-state index >= 15 is 0 Å². The average Bonchev–Trinajstić information content (AvgIpc) is 2.90. The molecule has 0 aliphatic rings. The van der Waals surface area contributed by atoms with E-state index in [0.717, 1.165) is 29.0 Å². The van der Waals surface area contributed by atoms with E-state index in [4.69, 9.17) is 23.2 Å². The smallest absolute Gasteiger partial charge is 0.244 e. The highest BCUT2D eigenvalue weighted by molar-refractivity contribution is 7.92. The van der Waals surface area contributed by atoms with Crippen LogP contribution in [0.25, 0.3) is 0 Å². The van der Waals surface area contributed by atoms with Crippen molar-refractivity contribution in [2.24, 2.45) is 0 Å². The minimum Gasteiger partial charge on any atom is -0.354 e. The fraction of sp³-hybridized carbons (Fsp3) is 0.310. The molecule has 0 aliphatic heterocycles. The number of anilines is 1. The van der Waals surface area contributed by atoms with Crippen LogP contribution in [0, 0.1) is 5.82 Å². The summed E-state index contributed by atoms with van der Waals surface area (Å²) in [6.07, 6.45) is 2.78. The Morgan fingerprint density at radius 3 is 2.25 bits per heavy atom. The Hall–Kier alpha value is -3.14. The molecule has 0 spiro atoms. The number of hydrogen-bond donors (Lipinski definition) is 1. The van der Waals surface area contributed by atoms with Crippen molar-refractivity contribution < 1.29 is 22.4 Å². The van der Waals surface area contributed by atoms with Crippen LogP contribution in [0.5, 0.6) is 0 Å². The van der Waals surface area contributed by atoms with Gasteiger partial charge in [0.15, 0.2) is 0 Å². The van der Waals surface area contributed by atoms with Gasteiger partial charge in [0.25, 0.3) is 0 Å². The number of carbonyl (C=O) groups excluding carboxylic acids is 2. The number of hydrogen-bond acceptors (Lipinski definition) is 4. The summed E-state index contributed by atoms with van der Waals surface area (Å²) in [5.41, 5.74) is 1.47. The van der Waals surface area contributed by atoms with Crippen LogP contribution in [0.15, 0.2) is 72.8 Å². The lowest BCUT2D eigenvalue weighted by atomic mass is 10.0. The molecule has 0 bridgehead atoms. The molecule has 0 unspecified atom stereocenters. The van der Waals surface area contributed by atoms with Crippen molar-refractivity contribution in [1.29, 1.82) is 0 Å². The minimum absolute atomic E-state index is 0.0500. The standard InChI is InChI=1S/C29H32Cl2FN3O4S/c1-3-4-16-33-29(37)27(17-21-8-6-5-7-9-21)34(19-22-10-13-24(32)14-11-22)28(36)20-35(40(2,38)39)26-15-12-23(30)18-25(26)31/h5-15,18,27H,3-4,16-17,19-20H2,1-2H3,(H,33,37)/t27-/m0/s1. The number of amides is 2. The fourth-order valence-electron chi connectivity index (χ4n) is 4.12. The van der Waals surface area contributed by atoms with E-state index in [1.54, 1.807) is 0 Å². The van der Waals surface area contributed by atoms with Gasteiger partial charge in [0.1, 0.15) is 18.4 Å². The first kappa shape index (κ1) is 31.4. The molecule has 0 radical (unpaired) electrons. The highest BCUT2D eigenvalue weighted by Crippen LogP contribution is 2.30. The van der Waals surface area contributed by atoms with Crippen LogP contribution in [-0.2, 0) is 32.6 Å². The number of nitrogens with one attached hydrogen (secondary N) is 1. The molecule has 2 amide bonds. The molecule has 0 fully saturated rings. The second-order valence-corrected chi connectivity index (χ2v) is 12.1. The number of unbranched alkanes of at least 4 members (excludes halogenated alkanes) is 1. The Morgan fingerprint density at radius 1 is 0.975 bits per heavy atom. The van der Waals surface area contributed by atoms with Gasteiger partial charge >= 0.3 is 0 Å². The third kappa shape index (κ3) is 8.94. The average molecular weight is 609 g/mol. The van der Waals surface area contributed by atoms with Crippen LogP contribution in [0.3, 0.4) is 0 Å². The maximum Gasteiger partial charge on any atom is 0.244 e. The first-order valence-electron chi connectivity index (χ1n) is 12.8. The Morgan fingerprint density at radius 2 is 1.65 bits per heavy atom. The number of halogens is 3. The summed E-state index contributed by atoms with van der Waals surface area (Å²) in [5.74, 6) is -1.45. The van der Waals surface area contributed by atoms with Gasteiger partial charge in [-0.2, -0.15) is 0 Å². The molecule has 3 aromatic rings. The second-order valence-electron chi connectivity index (χ2n) is 9.36. The van der Waals surface area contributed by atoms with Gasteiger partial charge in [-0.05, 0) is 47.9 Å². The van der Waals surface area contributed by atoms with Crippen molar-refractivity contribution in [3.8, 4) is 0 Å². The molecular weight excluding hydrogens is 576 g/mol. The molecule has 0 aromatic heterocycles. The lowest BCUT2D eigenvalue weighted by molar-refractivity contribution is -0.140. The van der Waals surface area contributed by atoms with E-state index in [1.165, 1.54) is 47.4 Å². The van der Waals surface area contributed by atoms with Crippen molar-refractivity contribution in [2.75, 3.05) is 23.7 Å². The van der Waals surface area contributed by atoms with Gasteiger partial charge in [0.2, 0.25) is 21.8 Å².